The summed E-state index contributed by atoms with van der Waals surface area (Å²) in [5, 5.41) is 8.81. The highest BCUT2D eigenvalue weighted by Gasteiger charge is 2.07. The second kappa shape index (κ2) is 3.37. The van der Waals surface area contributed by atoms with E-state index in [1.807, 2.05) is 6.07 Å². The number of hydrogen-bond acceptors (Lipinski definition) is 3. The summed E-state index contributed by atoms with van der Waals surface area (Å²) in [6, 6.07) is 5.12. The fourth-order valence-corrected chi connectivity index (χ4v) is 1.69. The van der Waals surface area contributed by atoms with Crippen LogP contribution in [-0.4, -0.2) is 9.97 Å². The molecule has 0 saturated carbocycles. The van der Waals surface area contributed by atoms with Gasteiger partial charge in [0.1, 0.15) is 6.07 Å². The SMILES string of the molecule is N#Cc1ccc(Br)c2[nH]c(=O)c(=O)[nH]c12. The van der Waals surface area contributed by atoms with Gasteiger partial charge < -0.3 is 9.97 Å². The first-order valence-corrected chi connectivity index (χ1v) is 4.77. The molecule has 0 aliphatic rings. The summed E-state index contributed by atoms with van der Waals surface area (Å²) < 4.78 is 0.616. The normalized spacial score (nSPS) is 10.1. The molecule has 6 heteroatoms. The molecule has 5 nitrogen and oxygen atoms in total. The minimum absolute atomic E-state index is 0.307. The van der Waals surface area contributed by atoms with Gasteiger partial charge in [0.15, 0.2) is 0 Å². The molecule has 0 spiro atoms. The van der Waals surface area contributed by atoms with Crippen LogP contribution in [0.4, 0.5) is 0 Å². The molecule has 74 valence electrons. The van der Waals surface area contributed by atoms with Crippen molar-refractivity contribution in [3.8, 4) is 6.07 Å². The highest BCUT2D eigenvalue weighted by atomic mass is 79.9. The smallest absolute Gasteiger partial charge is 0.314 e. The van der Waals surface area contributed by atoms with E-state index in [1.54, 1.807) is 12.1 Å². The van der Waals surface area contributed by atoms with Gasteiger partial charge in [-0.2, -0.15) is 5.26 Å². The van der Waals surface area contributed by atoms with Crippen LogP contribution in [0.3, 0.4) is 0 Å². The van der Waals surface area contributed by atoms with Gasteiger partial charge >= 0.3 is 11.1 Å². The Morgan fingerprint density at radius 1 is 1.13 bits per heavy atom. The van der Waals surface area contributed by atoms with Crippen LogP contribution < -0.4 is 11.1 Å². The van der Waals surface area contributed by atoms with E-state index in [9.17, 15) is 9.59 Å². The number of halogens is 1. The summed E-state index contributed by atoms with van der Waals surface area (Å²) in [4.78, 5) is 26.9. The Morgan fingerprint density at radius 3 is 2.33 bits per heavy atom. The molecule has 1 aromatic heterocycles. The maximum absolute atomic E-state index is 11.1. The molecule has 15 heavy (non-hydrogen) atoms. The van der Waals surface area contributed by atoms with Gasteiger partial charge in [0.25, 0.3) is 0 Å². The number of rotatable bonds is 0. The van der Waals surface area contributed by atoms with Gasteiger partial charge in [-0.25, -0.2) is 0 Å². The van der Waals surface area contributed by atoms with Gasteiger partial charge in [0.05, 0.1) is 16.6 Å². The first-order chi connectivity index (χ1) is 7.13. The van der Waals surface area contributed by atoms with Crippen LogP contribution in [0.5, 0.6) is 0 Å². The molecule has 1 aromatic carbocycles. The number of hydrogen-bond donors (Lipinski definition) is 2. The molecule has 2 rings (SSSR count). The highest BCUT2D eigenvalue weighted by Crippen LogP contribution is 2.21. The number of benzene rings is 1. The molecule has 0 bridgehead atoms. The zero-order chi connectivity index (χ0) is 11.0. The van der Waals surface area contributed by atoms with Gasteiger partial charge in [-0.1, -0.05) is 0 Å². The maximum atomic E-state index is 11.1. The van der Waals surface area contributed by atoms with E-state index in [1.165, 1.54) is 0 Å². The average molecular weight is 266 g/mol. The fourth-order valence-electron chi connectivity index (χ4n) is 1.26. The number of nitrogens with one attached hydrogen (secondary N) is 2. The van der Waals surface area contributed by atoms with Gasteiger partial charge in [-0.15, -0.1) is 0 Å². The zero-order valence-corrected chi connectivity index (χ0v) is 8.88. The second-order valence-electron chi connectivity index (χ2n) is 2.86. The minimum Gasteiger partial charge on any atom is -0.315 e. The molecule has 0 aliphatic heterocycles. The van der Waals surface area contributed by atoms with Crippen molar-refractivity contribution in [2.75, 3.05) is 0 Å². The van der Waals surface area contributed by atoms with Crippen LogP contribution >= 0.6 is 15.9 Å². The van der Waals surface area contributed by atoms with Crippen molar-refractivity contribution in [3.05, 3.63) is 42.9 Å². The molecule has 0 radical (unpaired) electrons. The van der Waals surface area contributed by atoms with Gasteiger partial charge in [0.2, 0.25) is 0 Å². The monoisotopic (exact) mass is 265 g/mol. The maximum Gasteiger partial charge on any atom is 0.314 e. The minimum atomic E-state index is -0.767. The average Bonchev–Trinajstić information content (AvgIpc) is 2.22. The van der Waals surface area contributed by atoms with Gasteiger partial charge in [-0.3, -0.25) is 9.59 Å². The van der Waals surface area contributed by atoms with Crippen LogP contribution in [0.1, 0.15) is 5.56 Å². The third-order valence-electron chi connectivity index (χ3n) is 1.96. The van der Waals surface area contributed by atoms with Crippen molar-refractivity contribution >= 4 is 27.0 Å². The lowest BCUT2D eigenvalue weighted by molar-refractivity contribution is 1.14. The summed E-state index contributed by atoms with van der Waals surface area (Å²) in [5.74, 6) is 0. The molecule has 0 aliphatic carbocycles. The van der Waals surface area contributed by atoms with E-state index >= 15 is 0 Å². The number of nitrogens with zero attached hydrogens (tertiary/aromatic N) is 1. The molecular weight excluding hydrogens is 262 g/mol. The van der Waals surface area contributed by atoms with Crippen LogP contribution in [0.25, 0.3) is 11.0 Å². The summed E-state index contributed by atoms with van der Waals surface area (Å²) in [6.45, 7) is 0. The first kappa shape index (κ1) is 9.68. The van der Waals surface area contributed by atoms with Crippen molar-refractivity contribution in [1.82, 2.24) is 9.97 Å². The van der Waals surface area contributed by atoms with E-state index in [2.05, 4.69) is 25.9 Å². The third kappa shape index (κ3) is 1.47. The van der Waals surface area contributed by atoms with E-state index < -0.39 is 11.1 Å². The summed E-state index contributed by atoms with van der Waals surface area (Å²) in [5.41, 5.74) is -0.452. The molecule has 0 unspecified atom stereocenters. The Balaban J connectivity index is 3.10. The summed E-state index contributed by atoms with van der Waals surface area (Å²) in [6.07, 6.45) is 0. The third-order valence-corrected chi connectivity index (χ3v) is 2.62. The number of nitriles is 1. The van der Waals surface area contributed by atoms with Crippen molar-refractivity contribution in [1.29, 1.82) is 5.26 Å². The molecular formula is C9H4BrN3O2. The van der Waals surface area contributed by atoms with Crippen molar-refractivity contribution in [3.63, 3.8) is 0 Å². The predicted molar refractivity (Wildman–Crippen MR) is 57.6 cm³/mol. The quantitative estimate of drug-likeness (QED) is 0.692. The molecule has 2 aromatic rings. The lowest BCUT2D eigenvalue weighted by Crippen LogP contribution is -2.29. The second-order valence-corrected chi connectivity index (χ2v) is 3.72. The topological polar surface area (TPSA) is 89.5 Å². The van der Waals surface area contributed by atoms with Gasteiger partial charge in [0, 0.05) is 4.47 Å². The summed E-state index contributed by atoms with van der Waals surface area (Å²) in [7, 11) is 0. The Kier molecular flexibility index (Phi) is 2.17. The van der Waals surface area contributed by atoms with Crippen LogP contribution in [0.2, 0.25) is 0 Å². The van der Waals surface area contributed by atoms with Gasteiger partial charge in [-0.05, 0) is 28.1 Å². The van der Waals surface area contributed by atoms with Crippen molar-refractivity contribution in [2.45, 2.75) is 0 Å². The van der Waals surface area contributed by atoms with Crippen molar-refractivity contribution < 1.29 is 0 Å². The number of H-pyrrole nitrogens is 2. The lowest BCUT2D eigenvalue weighted by atomic mass is 10.2. The lowest BCUT2D eigenvalue weighted by Gasteiger charge is -2.00. The van der Waals surface area contributed by atoms with E-state index in [0.717, 1.165) is 0 Å². The molecule has 0 amide bonds. The molecule has 0 saturated heterocycles. The largest absolute Gasteiger partial charge is 0.315 e. The van der Waals surface area contributed by atoms with Crippen LogP contribution in [-0.2, 0) is 0 Å². The Bertz CT molecular complexity index is 693. The molecule has 1 heterocycles. The van der Waals surface area contributed by atoms with Crippen LogP contribution in [0.15, 0.2) is 26.2 Å². The standard InChI is InChI=1S/C9H4BrN3O2/c10-5-2-1-4(3-11)6-7(5)13-9(15)8(14)12-6/h1-2H,(H,12,14)(H,13,15). The van der Waals surface area contributed by atoms with Crippen LogP contribution in [0, 0.1) is 11.3 Å². The first-order valence-electron chi connectivity index (χ1n) is 3.98. The van der Waals surface area contributed by atoms with E-state index in [-0.39, 0.29) is 0 Å². The number of aromatic amines is 2. The number of aromatic nitrogens is 2. The Labute approximate surface area is 91.5 Å². The molecule has 0 fully saturated rings. The van der Waals surface area contributed by atoms with E-state index in [0.29, 0.717) is 21.1 Å². The highest BCUT2D eigenvalue weighted by molar-refractivity contribution is 9.10. The zero-order valence-electron chi connectivity index (χ0n) is 7.30. The Morgan fingerprint density at radius 2 is 1.73 bits per heavy atom. The fraction of sp³-hybridized carbons (Fsp3) is 0. The Hall–Kier alpha value is -1.87. The van der Waals surface area contributed by atoms with E-state index in [4.69, 9.17) is 5.26 Å². The molecule has 0 atom stereocenters. The van der Waals surface area contributed by atoms with Crippen molar-refractivity contribution in [2.24, 2.45) is 0 Å². The summed E-state index contributed by atoms with van der Waals surface area (Å²) >= 11 is 3.22. The molecule has 2 N–H and O–H groups in total. The predicted octanol–water partition coefficient (Wildman–Crippen LogP) is 0.851. The number of fused-ring (bicyclic) bond motifs is 1.